The Morgan fingerprint density at radius 2 is 2.25 bits per heavy atom. The zero-order valence-corrected chi connectivity index (χ0v) is 9.10. The first-order chi connectivity index (χ1) is 7.88. The minimum Gasteiger partial charge on any atom is -0.497 e. The second-order valence-corrected chi connectivity index (χ2v) is 3.30. The van der Waals surface area contributed by atoms with Crippen LogP contribution < -0.4 is 15.5 Å². The van der Waals surface area contributed by atoms with E-state index in [1.54, 1.807) is 13.3 Å². The summed E-state index contributed by atoms with van der Waals surface area (Å²) in [4.78, 5) is 4.15. The van der Waals surface area contributed by atoms with Gasteiger partial charge in [-0.05, 0) is 29.8 Å². The number of hydrogen-bond donors (Lipinski definition) is 2. The Labute approximate surface area is 94.2 Å². The fourth-order valence-electron chi connectivity index (χ4n) is 1.33. The molecule has 5 nitrogen and oxygen atoms in total. The van der Waals surface area contributed by atoms with Crippen molar-refractivity contribution in [2.24, 2.45) is 10.1 Å². The molecule has 0 aliphatic carbocycles. The van der Waals surface area contributed by atoms with Crippen LogP contribution in [0, 0.1) is 0 Å². The molecule has 0 bridgehead atoms. The molecule has 16 heavy (non-hydrogen) atoms. The zero-order valence-electron chi connectivity index (χ0n) is 9.10. The van der Waals surface area contributed by atoms with E-state index in [0.29, 0.717) is 0 Å². The molecule has 0 saturated carbocycles. The lowest BCUT2D eigenvalue weighted by molar-refractivity contribution is 0.415. The van der Waals surface area contributed by atoms with Crippen LogP contribution in [0.3, 0.4) is 0 Å². The first-order valence-electron chi connectivity index (χ1n) is 5.10. The van der Waals surface area contributed by atoms with Crippen LogP contribution in [-0.4, -0.2) is 32.4 Å². The molecular weight excluding hydrogens is 204 g/mol. The number of guanidine groups is 1. The van der Waals surface area contributed by atoms with Gasteiger partial charge in [0, 0.05) is 6.54 Å². The third-order valence-electron chi connectivity index (χ3n) is 2.17. The maximum absolute atomic E-state index is 5.07. The number of ether oxygens (including phenoxy) is 1. The summed E-state index contributed by atoms with van der Waals surface area (Å²) in [5.41, 5.74) is 3.84. The molecule has 0 amide bonds. The number of benzene rings is 1. The van der Waals surface area contributed by atoms with Crippen LogP contribution in [0.5, 0.6) is 5.75 Å². The number of hydrazone groups is 1. The Hall–Kier alpha value is -2.04. The number of nitrogens with zero attached hydrogens (tertiary/aromatic N) is 2. The number of hydrogen-bond acceptors (Lipinski definition) is 5. The Morgan fingerprint density at radius 3 is 2.88 bits per heavy atom. The predicted octanol–water partition coefficient (Wildman–Crippen LogP) is 0.578. The van der Waals surface area contributed by atoms with Crippen LogP contribution >= 0.6 is 0 Å². The lowest BCUT2D eigenvalue weighted by Crippen LogP contribution is -2.30. The molecule has 1 aliphatic rings. The molecule has 1 aromatic carbocycles. The summed E-state index contributed by atoms with van der Waals surface area (Å²) in [5.74, 6) is 1.57. The minimum atomic E-state index is 0.727. The highest BCUT2D eigenvalue weighted by Crippen LogP contribution is 2.09. The normalized spacial score (nSPS) is 14.7. The maximum atomic E-state index is 5.07. The average molecular weight is 218 g/mol. The van der Waals surface area contributed by atoms with E-state index in [2.05, 4.69) is 20.8 Å². The van der Waals surface area contributed by atoms with Gasteiger partial charge in [0.2, 0.25) is 5.96 Å². The van der Waals surface area contributed by atoms with E-state index in [9.17, 15) is 0 Å². The molecule has 84 valence electrons. The highest BCUT2D eigenvalue weighted by molar-refractivity contribution is 5.84. The molecule has 0 radical (unpaired) electrons. The zero-order chi connectivity index (χ0) is 11.2. The monoisotopic (exact) mass is 218 g/mol. The Bertz CT molecular complexity index is 397. The standard InChI is InChI=1S/C11H14N4O/c1-16-10-4-2-9(3-5-10)8-14-15-11-12-6-7-13-11/h2-5,8H,6-7H2,1H3,(H2,12,13,15)/b14-8-. The van der Waals surface area contributed by atoms with Crippen molar-refractivity contribution < 1.29 is 4.74 Å². The topological polar surface area (TPSA) is 58.0 Å². The molecule has 2 N–H and O–H groups in total. The molecule has 1 aromatic rings. The molecule has 0 aromatic heterocycles. The predicted molar refractivity (Wildman–Crippen MR) is 64.0 cm³/mol. The lowest BCUT2D eigenvalue weighted by Gasteiger charge is -2.00. The second-order valence-electron chi connectivity index (χ2n) is 3.30. The van der Waals surface area contributed by atoms with Crippen LogP contribution in [-0.2, 0) is 0 Å². The number of nitrogens with one attached hydrogen (secondary N) is 2. The van der Waals surface area contributed by atoms with Gasteiger partial charge in [0.1, 0.15) is 5.75 Å². The van der Waals surface area contributed by atoms with E-state index in [1.807, 2.05) is 24.3 Å². The summed E-state index contributed by atoms with van der Waals surface area (Å²) in [7, 11) is 1.65. The van der Waals surface area contributed by atoms with Gasteiger partial charge in [-0.1, -0.05) is 0 Å². The van der Waals surface area contributed by atoms with Crippen molar-refractivity contribution in [2.75, 3.05) is 20.2 Å². The van der Waals surface area contributed by atoms with Gasteiger partial charge in [-0.25, -0.2) is 10.4 Å². The fraction of sp³-hybridized carbons (Fsp3) is 0.273. The van der Waals surface area contributed by atoms with E-state index < -0.39 is 0 Å². The molecule has 0 unspecified atom stereocenters. The molecule has 5 heteroatoms. The van der Waals surface area contributed by atoms with Gasteiger partial charge in [0.25, 0.3) is 0 Å². The summed E-state index contributed by atoms with van der Waals surface area (Å²) < 4.78 is 5.07. The van der Waals surface area contributed by atoms with Crippen molar-refractivity contribution in [1.29, 1.82) is 0 Å². The quantitative estimate of drug-likeness (QED) is 0.576. The van der Waals surface area contributed by atoms with Crippen molar-refractivity contribution in [3.8, 4) is 5.75 Å². The molecular formula is C11H14N4O. The van der Waals surface area contributed by atoms with Gasteiger partial charge < -0.3 is 10.1 Å². The molecule has 0 spiro atoms. The van der Waals surface area contributed by atoms with E-state index in [1.165, 1.54) is 0 Å². The summed E-state index contributed by atoms with van der Waals surface area (Å²) >= 11 is 0. The fourth-order valence-corrected chi connectivity index (χ4v) is 1.33. The van der Waals surface area contributed by atoms with Crippen molar-refractivity contribution >= 4 is 12.2 Å². The van der Waals surface area contributed by atoms with Gasteiger partial charge in [0.05, 0.1) is 19.9 Å². The van der Waals surface area contributed by atoms with Crippen molar-refractivity contribution in [3.63, 3.8) is 0 Å². The van der Waals surface area contributed by atoms with Crippen LogP contribution in [0.4, 0.5) is 0 Å². The molecule has 1 heterocycles. The SMILES string of the molecule is COc1ccc(/C=N\NC2=NCCN2)cc1. The molecule has 2 rings (SSSR count). The van der Waals surface area contributed by atoms with Crippen molar-refractivity contribution in [3.05, 3.63) is 29.8 Å². The van der Waals surface area contributed by atoms with Crippen LogP contribution in [0.1, 0.15) is 5.56 Å². The second kappa shape index (κ2) is 5.16. The van der Waals surface area contributed by atoms with Crippen molar-refractivity contribution in [1.82, 2.24) is 10.7 Å². The number of rotatable bonds is 3. The number of aliphatic imine (C=N–C) groups is 1. The summed E-state index contributed by atoms with van der Waals surface area (Å²) in [5, 5.41) is 7.14. The lowest BCUT2D eigenvalue weighted by atomic mass is 10.2. The molecule has 0 atom stereocenters. The smallest absolute Gasteiger partial charge is 0.212 e. The Balaban J connectivity index is 1.89. The van der Waals surface area contributed by atoms with Crippen LogP contribution in [0.25, 0.3) is 0 Å². The van der Waals surface area contributed by atoms with E-state index >= 15 is 0 Å². The first-order valence-corrected chi connectivity index (χ1v) is 5.10. The highest BCUT2D eigenvalue weighted by Gasteiger charge is 2.01. The van der Waals surface area contributed by atoms with E-state index in [0.717, 1.165) is 30.4 Å². The highest BCUT2D eigenvalue weighted by atomic mass is 16.5. The molecule has 0 fully saturated rings. The first kappa shape index (κ1) is 10.5. The summed E-state index contributed by atoms with van der Waals surface area (Å²) in [6.07, 6.45) is 1.74. The van der Waals surface area contributed by atoms with Crippen LogP contribution in [0.15, 0.2) is 34.4 Å². The van der Waals surface area contributed by atoms with Crippen LogP contribution in [0.2, 0.25) is 0 Å². The van der Waals surface area contributed by atoms with Crippen molar-refractivity contribution in [2.45, 2.75) is 0 Å². The van der Waals surface area contributed by atoms with Gasteiger partial charge in [0.15, 0.2) is 0 Å². The summed E-state index contributed by atoms with van der Waals surface area (Å²) in [6, 6.07) is 7.67. The Morgan fingerprint density at radius 1 is 1.44 bits per heavy atom. The number of methoxy groups -OCH3 is 1. The maximum Gasteiger partial charge on any atom is 0.212 e. The van der Waals surface area contributed by atoms with E-state index in [4.69, 9.17) is 4.74 Å². The molecule has 0 saturated heterocycles. The van der Waals surface area contributed by atoms with Gasteiger partial charge in [-0.3, -0.25) is 0 Å². The minimum absolute atomic E-state index is 0.727. The average Bonchev–Trinajstić information content (AvgIpc) is 2.83. The molecule has 1 aliphatic heterocycles. The van der Waals surface area contributed by atoms with E-state index in [-0.39, 0.29) is 0 Å². The van der Waals surface area contributed by atoms with Gasteiger partial charge >= 0.3 is 0 Å². The third-order valence-corrected chi connectivity index (χ3v) is 2.17. The largest absolute Gasteiger partial charge is 0.497 e. The summed E-state index contributed by atoms with van der Waals surface area (Å²) in [6.45, 7) is 1.68. The third kappa shape index (κ3) is 2.73. The van der Waals surface area contributed by atoms with Gasteiger partial charge in [-0.2, -0.15) is 5.10 Å². The van der Waals surface area contributed by atoms with Gasteiger partial charge in [-0.15, -0.1) is 0 Å². The Kier molecular flexibility index (Phi) is 3.38.